The molecule has 1 rings (SSSR count). The number of carbonyl (C=O) groups is 1. The molecule has 4 heteroatoms. The predicted octanol–water partition coefficient (Wildman–Crippen LogP) is 1.65. The molecule has 0 fully saturated rings. The van der Waals surface area contributed by atoms with Crippen molar-refractivity contribution >= 4 is 6.29 Å². The van der Waals surface area contributed by atoms with Crippen LogP contribution in [0, 0.1) is 23.0 Å². The second-order valence-electron chi connectivity index (χ2n) is 2.08. The Hall–Kier alpha value is -1.76. The number of aldehydes is 1. The van der Waals surface area contributed by atoms with E-state index in [-0.39, 0.29) is 11.8 Å². The molecule has 1 aromatic rings. The van der Waals surface area contributed by atoms with E-state index in [1.807, 2.05) is 0 Å². The van der Waals surface area contributed by atoms with E-state index in [0.717, 1.165) is 6.07 Å². The topological polar surface area (TPSA) is 40.9 Å². The van der Waals surface area contributed by atoms with Gasteiger partial charge in [0.15, 0.2) is 6.29 Å². The number of hydrogen-bond acceptors (Lipinski definition) is 2. The molecule has 0 spiro atoms. The molecule has 0 saturated heterocycles. The Labute approximate surface area is 67.0 Å². The lowest BCUT2D eigenvalue weighted by atomic mass is 10.1. The summed E-state index contributed by atoms with van der Waals surface area (Å²) in [6, 6.07) is 2.84. The fourth-order valence-corrected chi connectivity index (χ4v) is 0.804. The van der Waals surface area contributed by atoms with Crippen LogP contribution in [0.2, 0.25) is 0 Å². The molecule has 0 saturated carbocycles. The average Bonchev–Trinajstić information content (AvgIpc) is 2.03. The SMILES string of the molecule is N#Cc1c(F)cc(F)cc1C=O. The first-order valence-corrected chi connectivity index (χ1v) is 3.03. The van der Waals surface area contributed by atoms with E-state index in [1.165, 1.54) is 6.07 Å². The zero-order chi connectivity index (χ0) is 9.14. The summed E-state index contributed by atoms with van der Waals surface area (Å²) >= 11 is 0. The smallest absolute Gasteiger partial charge is 0.151 e. The second-order valence-corrected chi connectivity index (χ2v) is 2.08. The van der Waals surface area contributed by atoms with E-state index < -0.39 is 17.2 Å². The van der Waals surface area contributed by atoms with Crippen molar-refractivity contribution < 1.29 is 13.6 Å². The summed E-state index contributed by atoms with van der Waals surface area (Å²) in [5.74, 6) is -1.88. The summed E-state index contributed by atoms with van der Waals surface area (Å²) in [6.07, 6.45) is 0.241. The summed E-state index contributed by atoms with van der Waals surface area (Å²) in [4.78, 5) is 10.2. The van der Waals surface area contributed by atoms with Gasteiger partial charge >= 0.3 is 0 Å². The van der Waals surface area contributed by atoms with Gasteiger partial charge in [0, 0.05) is 11.6 Å². The highest BCUT2D eigenvalue weighted by Gasteiger charge is 2.09. The van der Waals surface area contributed by atoms with Crippen LogP contribution in [0.5, 0.6) is 0 Å². The summed E-state index contributed by atoms with van der Waals surface area (Å²) in [7, 11) is 0. The zero-order valence-electron chi connectivity index (χ0n) is 5.84. The molecule has 0 aliphatic rings. The average molecular weight is 167 g/mol. The third-order valence-electron chi connectivity index (χ3n) is 1.32. The van der Waals surface area contributed by atoms with E-state index in [9.17, 15) is 13.6 Å². The Morgan fingerprint density at radius 3 is 2.58 bits per heavy atom. The van der Waals surface area contributed by atoms with Gasteiger partial charge in [0.2, 0.25) is 0 Å². The molecule has 60 valence electrons. The molecule has 0 unspecified atom stereocenters. The molecule has 0 heterocycles. The van der Waals surface area contributed by atoms with E-state index >= 15 is 0 Å². The largest absolute Gasteiger partial charge is 0.298 e. The molecule has 12 heavy (non-hydrogen) atoms. The Morgan fingerprint density at radius 2 is 2.08 bits per heavy atom. The van der Waals surface area contributed by atoms with Crippen molar-refractivity contribution in [3.05, 3.63) is 34.9 Å². The van der Waals surface area contributed by atoms with Crippen molar-refractivity contribution in [3.8, 4) is 6.07 Å². The minimum Gasteiger partial charge on any atom is -0.298 e. The van der Waals surface area contributed by atoms with Crippen molar-refractivity contribution in [2.24, 2.45) is 0 Å². The first-order chi connectivity index (χ1) is 5.69. The highest BCUT2D eigenvalue weighted by Crippen LogP contribution is 2.12. The molecular formula is C8H3F2NO. The van der Waals surface area contributed by atoms with Crippen LogP contribution in [0.3, 0.4) is 0 Å². The molecule has 0 amide bonds. The van der Waals surface area contributed by atoms with Crippen LogP contribution in [0.25, 0.3) is 0 Å². The Kier molecular flexibility index (Phi) is 2.15. The normalized spacial score (nSPS) is 9.08. The highest BCUT2D eigenvalue weighted by molar-refractivity contribution is 5.79. The van der Waals surface area contributed by atoms with Gasteiger partial charge < -0.3 is 0 Å². The summed E-state index contributed by atoms with van der Waals surface area (Å²) < 4.78 is 25.1. The number of nitriles is 1. The van der Waals surface area contributed by atoms with Gasteiger partial charge in [-0.15, -0.1) is 0 Å². The maximum atomic E-state index is 12.7. The number of carbonyl (C=O) groups excluding carboxylic acids is 1. The third kappa shape index (κ3) is 1.30. The molecule has 0 bridgehead atoms. The summed E-state index contributed by atoms with van der Waals surface area (Å²) in [5.41, 5.74) is -0.693. The number of halogens is 2. The van der Waals surface area contributed by atoms with Crippen LogP contribution in [0.4, 0.5) is 8.78 Å². The van der Waals surface area contributed by atoms with Gasteiger partial charge in [-0.25, -0.2) is 8.78 Å². The van der Waals surface area contributed by atoms with Crippen LogP contribution < -0.4 is 0 Å². The van der Waals surface area contributed by atoms with Crippen molar-refractivity contribution in [2.75, 3.05) is 0 Å². The van der Waals surface area contributed by atoms with Crippen LogP contribution in [0.15, 0.2) is 12.1 Å². The minimum atomic E-state index is -1.01. The lowest BCUT2D eigenvalue weighted by molar-refractivity contribution is 0.112. The summed E-state index contributed by atoms with van der Waals surface area (Å²) in [5, 5.41) is 8.35. The molecule has 1 aromatic carbocycles. The first kappa shape index (κ1) is 8.34. The van der Waals surface area contributed by atoms with Gasteiger partial charge in [-0.1, -0.05) is 0 Å². The van der Waals surface area contributed by atoms with E-state index in [2.05, 4.69) is 0 Å². The Balaban J connectivity index is 3.46. The number of rotatable bonds is 1. The molecule has 0 aliphatic carbocycles. The van der Waals surface area contributed by atoms with E-state index in [4.69, 9.17) is 5.26 Å². The van der Waals surface area contributed by atoms with Gasteiger partial charge in [-0.05, 0) is 6.07 Å². The number of benzene rings is 1. The van der Waals surface area contributed by atoms with E-state index in [0.29, 0.717) is 6.07 Å². The molecular weight excluding hydrogens is 164 g/mol. The molecule has 0 atom stereocenters. The second kappa shape index (κ2) is 3.09. The van der Waals surface area contributed by atoms with Crippen molar-refractivity contribution in [1.82, 2.24) is 0 Å². The molecule has 0 aromatic heterocycles. The molecule has 0 N–H and O–H groups in total. The summed E-state index contributed by atoms with van der Waals surface area (Å²) in [6.45, 7) is 0. The monoisotopic (exact) mass is 167 g/mol. The quantitative estimate of drug-likeness (QED) is 0.596. The maximum Gasteiger partial charge on any atom is 0.151 e. The molecule has 2 nitrogen and oxygen atoms in total. The fourth-order valence-electron chi connectivity index (χ4n) is 0.804. The lowest BCUT2D eigenvalue weighted by Gasteiger charge is -1.96. The van der Waals surface area contributed by atoms with Crippen molar-refractivity contribution in [2.45, 2.75) is 0 Å². The minimum absolute atomic E-state index is 0.241. The van der Waals surface area contributed by atoms with Crippen molar-refractivity contribution in [1.29, 1.82) is 5.26 Å². The standard InChI is InChI=1S/C8H3F2NO/c9-6-1-5(4-12)7(3-11)8(10)2-6/h1-2,4H. The first-order valence-electron chi connectivity index (χ1n) is 3.03. The third-order valence-corrected chi connectivity index (χ3v) is 1.32. The van der Waals surface area contributed by atoms with Crippen LogP contribution in [-0.2, 0) is 0 Å². The van der Waals surface area contributed by atoms with Crippen LogP contribution >= 0.6 is 0 Å². The molecule has 0 radical (unpaired) electrons. The highest BCUT2D eigenvalue weighted by atomic mass is 19.1. The van der Waals surface area contributed by atoms with Crippen LogP contribution in [-0.4, -0.2) is 6.29 Å². The molecule has 0 aliphatic heterocycles. The maximum absolute atomic E-state index is 12.7. The van der Waals surface area contributed by atoms with Gasteiger partial charge in [-0.2, -0.15) is 5.26 Å². The van der Waals surface area contributed by atoms with Gasteiger partial charge in [0.25, 0.3) is 0 Å². The fraction of sp³-hybridized carbons (Fsp3) is 0. The van der Waals surface area contributed by atoms with Gasteiger partial charge in [-0.3, -0.25) is 4.79 Å². The zero-order valence-corrected chi connectivity index (χ0v) is 5.84. The van der Waals surface area contributed by atoms with Gasteiger partial charge in [0.1, 0.15) is 17.7 Å². The Bertz CT molecular complexity index is 368. The van der Waals surface area contributed by atoms with Crippen molar-refractivity contribution in [3.63, 3.8) is 0 Å². The lowest BCUT2D eigenvalue weighted by Crippen LogP contribution is -1.94. The van der Waals surface area contributed by atoms with E-state index in [1.54, 1.807) is 0 Å². The van der Waals surface area contributed by atoms with Gasteiger partial charge in [0.05, 0.1) is 5.56 Å². The predicted molar refractivity (Wildman–Crippen MR) is 36.5 cm³/mol. The number of nitrogens with zero attached hydrogens (tertiary/aromatic N) is 1. The number of hydrogen-bond donors (Lipinski definition) is 0. The van der Waals surface area contributed by atoms with Crippen LogP contribution in [0.1, 0.15) is 15.9 Å². The Morgan fingerprint density at radius 1 is 1.42 bits per heavy atom.